The molecule has 0 N–H and O–H groups in total. The van der Waals surface area contributed by atoms with Crippen LogP contribution in [0.25, 0.3) is 50.2 Å². The number of aromatic nitrogens is 2. The van der Waals surface area contributed by atoms with E-state index in [1.807, 2.05) is 0 Å². The van der Waals surface area contributed by atoms with Gasteiger partial charge in [0.05, 0.1) is 28.5 Å². The van der Waals surface area contributed by atoms with Crippen molar-refractivity contribution in [2.45, 2.75) is 39.5 Å². The number of para-hydroxylation sites is 1. The van der Waals surface area contributed by atoms with Crippen molar-refractivity contribution in [2.75, 3.05) is 0 Å². The first-order chi connectivity index (χ1) is 18.8. The maximum absolute atomic E-state index is 9.65. The van der Waals surface area contributed by atoms with E-state index in [4.69, 9.17) is 0 Å². The second-order valence-electron chi connectivity index (χ2n) is 11.8. The Hall–Kier alpha value is -4.55. The summed E-state index contributed by atoms with van der Waals surface area (Å²) in [7, 11) is 0. The van der Waals surface area contributed by atoms with E-state index in [0.717, 1.165) is 17.8 Å². The summed E-state index contributed by atoms with van der Waals surface area (Å²) in [4.78, 5) is 0. The molecule has 1 aliphatic carbocycles. The van der Waals surface area contributed by atoms with Gasteiger partial charge in [-0.3, -0.25) is 0 Å². The van der Waals surface area contributed by atoms with Gasteiger partial charge in [0.15, 0.2) is 0 Å². The number of fused-ring (bicyclic) bond motifs is 6. The Labute approximate surface area is 229 Å². The third kappa shape index (κ3) is 3.56. The first kappa shape index (κ1) is 23.6. The molecule has 4 aromatic carbocycles. The predicted molar refractivity (Wildman–Crippen MR) is 163 cm³/mol. The number of nitrogens with zero attached hydrogens (tertiary/aromatic N) is 3. The Balaban J connectivity index is 1.49. The third-order valence-corrected chi connectivity index (χ3v) is 8.30. The summed E-state index contributed by atoms with van der Waals surface area (Å²) in [5.74, 6) is -0.0851. The van der Waals surface area contributed by atoms with Crippen LogP contribution < -0.4 is 0 Å². The molecule has 2 heterocycles. The molecule has 1 unspecified atom stereocenters. The van der Waals surface area contributed by atoms with Gasteiger partial charge in [-0.25, -0.2) is 0 Å². The number of rotatable bonds is 2. The maximum atomic E-state index is 9.65. The molecule has 3 nitrogen and oxygen atoms in total. The van der Waals surface area contributed by atoms with Crippen LogP contribution in [-0.2, 0) is 11.8 Å². The Kier molecular flexibility index (Phi) is 5.12. The molecule has 0 fully saturated rings. The number of hydrogen-bond acceptors (Lipinski definition) is 1. The highest BCUT2D eigenvalue weighted by molar-refractivity contribution is 6.09. The van der Waals surface area contributed by atoms with E-state index in [-0.39, 0.29) is 11.3 Å². The summed E-state index contributed by atoms with van der Waals surface area (Å²) in [6, 6.07) is 33.5. The maximum Gasteiger partial charge on any atom is 0.0701 e. The largest absolute Gasteiger partial charge is 0.310 e. The molecule has 0 spiro atoms. The summed E-state index contributed by atoms with van der Waals surface area (Å²) in [5.41, 5.74) is 11.0. The highest BCUT2D eigenvalue weighted by atomic mass is 15.0. The first-order valence-electron chi connectivity index (χ1n) is 13.7. The van der Waals surface area contributed by atoms with E-state index in [1.54, 1.807) is 0 Å². The first-order valence-corrected chi connectivity index (χ1v) is 13.7. The number of aryl methyl sites for hydroxylation is 1. The lowest BCUT2D eigenvalue weighted by atomic mass is 9.86. The molecule has 0 saturated heterocycles. The molecule has 0 saturated carbocycles. The van der Waals surface area contributed by atoms with Crippen LogP contribution in [0.5, 0.6) is 0 Å². The Bertz CT molecular complexity index is 2000. The number of benzene rings is 4. The minimum Gasteiger partial charge on any atom is -0.310 e. The van der Waals surface area contributed by atoms with Crippen molar-refractivity contribution in [1.82, 2.24) is 9.13 Å². The number of hydrogen-bond donors (Lipinski definition) is 0. The van der Waals surface area contributed by atoms with Crippen molar-refractivity contribution < 1.29 is 0 Å². The van der Waals surface area contributed by atoms with E-state index in [9.17, 15) is 5.26 Å². The van der Waals surface area contributed by atoms with Crippen LogP contribution >= 0.6 is 0 Å². The molecule has 1 aliphatic rings. The monoisotopic (exact) mass is 505 g/mol. The second-order valence-corrected chi connectivity index (χ2v) is 11.8. The SMILES string of the molecule is Cc1cccc2c1c1c(n2-c2cccc(-n3c4ccccc4c4cc(C(C)(C)C)ccc43)c2)C=CC(C#N)C1. The zero-order valence-electron chi connectivity index (χ0n) is 22.9. The summed E-state index contributed by atoms with van der Waals surface area (Å²) in [6.45, 7) is 8.99. The molecular weight excluding hydrogens is 474 g/mol. The van der Waals surface area contributed by atoms with Crippen LogP contribution in [0.1, 0.15) is 43.2 Å². The summed E-state index contributed by atoms with van der Waals surface area (Å²) >= 11 is 0. The van der Waals surface area contributed by atoms with Gasteiger partial charge in [-0.15, -0.1) is 0 Å². The van der Waals surface area contributed by atoms with Crippen molar-refractivity contribution >= 4 is 38.8 Å². The van der Waals surface area contributed by atoms with Gasteiger partial charge in [0.25, 0.3) is 0 Å². The molecule has 39 heavy (non-hydrogen) atoms. The van der Waals surface area contributed by atoms with E-state index < -0.39 is 0 Å². The van der Waals surface area contributed by atoms with E-state index in [0.29, 0.717) is 0 Å². The normalized spacial score (nSPS) is 15.2. The molecule has 0 bridgehead atoms. The van der Waals surface area contributed by atoms with Crippen molar-refractivity contribution in [3.63, 3.8) is 0 Å². The van der Waals surface area contributed by atoms with Gasteiger partial charge in [0.1, 0.15) is 0 Å². The fourth-order valence-electron chi connectivity index (χ4n) is 6.36. The lowest BCUT2D eigenvalue weighted by Crippen LogP contribution is -2.10. The topological polar surface area (TPSA) is 33.6 Å². The highest BCUT2D eigenvalue weighted by Crippen LogP contribution is 2.39. The lowest BCUT2D eigenvalue weighted by Gasteiger charge is -2.19. The number of nitriles is 1. The fourth-order valence-corrected chi connectivity index (χ4v) is 6.36. The van der Waals surface area contributed by atoms with Gasteiger partial charge >= 0.3 is 0 Å². The zero-order valence-corrected chi connectivity index (χ0v) is 22.9. The average Bonchev–Trinajstić information content (AvgIpc) is 3.45. The fraction of sp³-hybridized carbons (Fsp3) is 0.194. The minimum atomic E-state index is -0.0851. The Morgan fingerprint density at radius 2 is 1.49 bits per heavy atom. The molecule has 0 radical (unpaired) electrons. The molecule has 7 rings (SSSR count). The van der Waals surface area contributed by atoms with Gasteiger partial charge in [-0.05, 0) is 84.0 Å². The van der Waals surface area contributed by atoms with Crippen LogP contribution in [0.2, 0.25) is 0 Å². The van der Waals surface area contributed by atoms with Crippen molar-refractivity contribution in [3.05, 3.63) is 113 Å². The average molecular weight is 506 g/mol. The Morgan fingerprint density at radius 1 is 0.769 bits per heavy atom. The van der Waals surface area contributed by atoms with Crippen LogP contribution in [0.4, 0.5) is 0 Å². The van der Waals surface area contributed by atoms with Gasteiger partial charge in [-0.1, -0.05) is 69.3 Å². The Morgan fingerprint density at radius 3 is 2.28 bits per heavy atom. The van der Waals surface area contributed by atoms with Gasteiger partial charge in [-0.2, -0.15) is 5.26 Å². The summed E-state index contributed by atoms with van der Waals surface area (Å²) in [6.07, 6.45) is 4.95. The van der Waals surface area contributed by atoms with Crippen molar-refractivity contribution in [2.24, 2.45) is 5.92 Å². The summed E-state index contributed by atoms with van der Waals surface area (Å²) < 4.78 is 4.77. The van der Waals surface area contributed by atoms with Gasteiger partial charge in [0.2, 0.25) is 0 Å². The van der Waals surface area contributed by atoms with Crippen LogP contribution in [0, 0.1) is 24.2 Å². The molecular formula is C36H31N3. The molecule has 0 aliphatic heterocycles. The molecule has 3 heteroatoms. The van der Waals surface area contributed by atoms with Gasteiger partial charge in [0, 0.05) is 33.2 Å². The summed E-state index contributed by atoms with van der Waals surface area (Å²) in [5, 5.41) is 13.5. The van der Waals surface area contributed by atoms with Crippen molar-refractivity contribution in [1.29, 1.82) is 5.26 Å². The smallest absolute Gasteiger partial charge is 0.0701 e. The quantitative estimate of drug-likeness (QED) is 0.231. The van der Waals surface area contributed by atoms with E-state index in [2.05, 4.69) is 140 Å². The predicted octanol–water partition coefficient (Wildman–Crippen LogP) is 9.04. The van der Waals surface area contributed by atoms with E-state index >= 15 is 0 Å². The standard InChI is InChI=1S/C36H31N3/c1-23-9-7-14-34-35(23)30-19-24(22-37)15-17-33(30)39(34)27-11-8-10-26(21-27)38-31-13-6-5-12-28(31)29-20-25(36(2,3)4)16-18-32(29)38/h5-18,20-21,24H,19H2,1-4H3. The molecule has 1 atom stereocenters. The molecule has 2 aromatic heterocycles. The number of allylic oxidation sites excluding steroid dienone is 1. The van der Waals surface area contributed by atoms with Crippen LogP contribution in [-0.4, -0.2) is 9.13 Å². The van der Waals surface area contributed by atoms with E-state index in [1.165, 1.54) is 55.1 Å². The van der Waals surface area contributed by atoms with Crippen LogP contribution in [0.15, 0.2) is 91.0 Å². The van der Waals surface area contributed by atoms with Crippen LogP contribution in [0.3, 0.4) is 0 Å². The van der Waals surface area contributed by atoms with Crippen molar-refractivity contribution in [3.8, 4) is 17.4 Å². The third-order valence-electron chi connectivity index (χ3n) is 8.30. The highest BCUT2D eigenvalue weighted by Gasteiger charge is 2.24. The minimum absolute atomic E-state index is 0.0851. The molecule has 6 aromatic rings. The lowest BCUT2D eigenvalue weighted by molar-refractivity contribution is 0.591. The van der Waals surface area contributed by atoms with Gasteiger partial charge < -0.3 is 9.13 Å². The second kappa shape index (κ2) is 8.48. The molecule has 190 valence electrons. The zero-order chi connectivity index (χ0) is 26.9. The molecule has 0 amide bonds.